The lowest BCUT2D eigenvalue weighted by atomic mass is 9.91. The fourth-order valence-corrected chi connectivity index (χ4v) is 3.16. The minimum atomic E-state index is 0. The topological polar surface area (TPSA) is 64.2 Å². The summed E-state index contributed by atoms with van der Waals surface area (Å²) in [6.07, 6.45) is 11.3. The van der Waals surface area contributed by atoms with E-state index in [2.05, 4.69) is 18.2 Å². The van der Waals surface area contributed by atoms with E-state index in [-0.39, 0.29) is 24.8 Å². The van der Waals surface area contributed by atoms with E-state index in [4.69, 9.17) is 5.73 Å². The van der Waals surface area contributed by atoms with Gasteiger partial charge in [0, 0.05) is 32.3 Å². The third-order valence-electron chi connectivity index (χ3n) is 4.64. The number of aromatic nitrogens is 2. The molecule has 2 heterocycles. The van der Waals surface area contributed by atoms with Crippen molar-refractivity contribution < 1.29 is 4.79 Å². The molecule has 7 heteroatoms. The van der Waals surface area contributed by atoms with E-state index in [1.165, 1.54) is 5.56 Å². The zero-order valence-electron chi connectivity index (χ0n) is 14.7. The lowest BCUT2D eigenvalue weighted by Crippen LogP contribution is -2.37. The Balaban J connectivity index is 0.00000264. The summed E-state index contributed by atoms with van der Waals surface area (Å²) in [6.45, 7) is 5.57. The smallest absolute Gasteiger partial charge is 0.222 e. The van der Waals surface area contributed by atoms with Gasteiger partial charge in [-0.25, -0.2) is 0 Å². The van der Waals surface area contributed by atoms with Crippen molar-refractivity contribution in [2.45, 2.75) is 64.3 Å². The second kappa shape index (κ2) is 12.6. The summed E-state index contributed by atoms with van der Waals surface area (Å²) in [5.74, 6) is 0.893. The third kappa shape index (κ3) is 6.99. The third-order valence-corrected chi connectivity index (χ3v) is 4.64. The molecule has 2 rings (SSSR count). The summed E-state index contributed by atoms with van der Waals surface area (Å²) < 4.78 is 1.98. The van der Waals surface area contributed by atoms with Gasteiger partial charge in [-0.1, -0.05) is 12.8 Å². The number of nitrogens with zero attached hydrogens (tertiary/aromatic N) is 3. The van der Waals surface area contributed by atoms with Crippen molar-refractivity contribution >= 4 is 30.7 Å². The van der Waals surface area contributed by atoms with Crippen molar-refractivity contribution in [3.8, 4) is 0 Å². The number of hydrogen-bond donors (Lipinski definition) is 1. The van der Waals surface area contributed by atoms with Crippen LogP contribution in [0, 0.1) is 0 Å². The predicted octanol–water partition coefficient (Wildman–Crippen LogP) is 3.36. The molecule has 0 aliphatic carbocycles. The molecule has 2 N–H and O–H groups in total. The van der Waals surface area contributed by atoms with E-state index in [9.17, 15) is 4.79 Å². The van der Waals surface area contributed by atoms with Gasteiger partial charge < -0.3 is 10.6 Å². The van der Waals surface area contributed by atoms with Crippen LogP contribution in [-0.2, 0) is 11.3 Å². The van der Waals surface area contributed by atoms with Crippen LogP contribution in [0.2, 0.25) is 0 Å². The largest absolute Gasteiger partial charge is 0.343 e. The van der Waals surface area contributed by atoms with Gasteiger partial charge >= 0.3 is 0 Å². The van der Waals surface area contributed by atoms with Crippen LogP contribution in [0.25, 0.3) is 0 Å². The number of likely N-dealkylation sites (tertiary alicyclic amines) is 1. The Labute approximate surface area is 158 Å². The number of hydrogen-bond acceptors (Lipinski definition) is 3. The van der Waals surface area contributed by atoms with E-state index >= 15 is 0 Å². The first-order valence-corrected chi connectivity index (χ1v) is 8.74. The molecule has 24 heavy (non-hydrogen) atoms. The van der Waals surface area contributed by atoms with Crippen molar-refractivity contribution in [1.29, 1.82) is 0 Å². The molecule has 0 bridgehead atoms. The quantitative estimate of drug-likeness (QED) is 0.705. The summed E-state index contributed by atoms with van der Waals surface area (Å²) in [7, 11) is 0. The number of amides is 1. The molecule has 0 aromatic carbocycles. The van der Waals surface area contributed by atoms with Crippen LogP contribution in [-0.4, -0.2) is 40.2 Å². The number of unbranched alkanes of at least 4 members (excludes halogenated alkanes) is 3. The SMILES string of the molecule is CCn1cc(C2CCN(C(=O)CCCCCCN)CC2)cn1.Cl.Cl. The van der Waals surface area contributed by atoms with Crippen molar-refractivity contribution in [1.82, 2.24) is 14.7 Å². The highest BCUT2D eigenvalue weighted by Gasteiger charge is 2.24. The molecule has 0 saturated carbocycles. The number of carbonyl (C=O) groups is 1. The molecule has 1 saturated heterocycles. The lowest BCUT2D eigenvalue weighted by Gasteiger charge is -2.31. The van der Waals surface area contributed by atoms with Gasteiger partial charge in [0.1, 0.15) is 0 Å². The molecular formula is C17H32Cl2N4O. The molecule has 1 fully saturated rings. The van der Waals surface area contributed by atoms with Gasteiger partial charge in [0.2, 0.25) is 5.91 Å². The molecule has 0 spiro atoms. The summed E-state index contributed by atoms with van der Waals surface area (Å²) >= 11 is 0. The molecule has 140 valence electrons. The van der Waals surface area contributed by atoms with Crippen molar-refractivity contribution in [3.63, 3.8) is 0 Å². The van der Waals surface area contributed by atoms with E-state index in [1.54, 1.807) is 0 Å². The average Bonchev–Trinajstić information content (AvgIpc) is 3.04. The fourth-order valence-electron chi connectivity index (χ4n) is 3.16. The molecular weight excluding hydrogens is 347 g/mol. The average molecular weight is 379 g/mol. The van der Waals surface area contributed by atoms with Crippen molar-refractivity contribution in [3.05, 3.63) is 18.0 Å². The van der Waals surface area contributed by atoms with Crippen LogP contribution >= 0.6 is 24.8 Å². The van der Waals surface area contributed by atoms with Crippen molar-refractivity contribution in [2.24, 2.45) is 5.73 Å². The van der Waals surface area contributed by atoms with E-state index < -0.39 is 0 Å². The number of nitrogens with two attached hydrogens (primary N) is 1. The Morgan fingerprint density at radius 3 is 2.46 bits per heavy atom. The second-order valence-electron chi connectivity index (χ2n) is 6.24. The summed E-state index contributed by atoms with van der Waals surface area (Å²) in [4.78, 5) is 14.3. The molecule has 0 radical (unpaired) electrons. The van der Waals surface area contributed by atoms with Crippen LogP contribution in [0.1, 0.15) is 63.4 Å². The van der Waals surface area contributed by atoms with Crippen LogP contribution in [0.3, 0.4) is 0 Å². The number of aryl methyl sites for hydroxylation is 1. The maximum Gasteiger partial charge on any atom is 0.222 e. The molecule has 1 amide bonds. The molecule has 5 nitrogen and oxygen atoms in total. The monoisotopic (exact) mass is 378 g/mol. The lowest BCUT2D eigenvalue weighted by molar-refractivity contribution is -0.132. The van der Waals surface area contributed by atoms with Gasteiger partial charge in [-0.3, -0.25) is 9.48 Å². The Kier molecular flexibility index (Phi) is 12.2. The molecule has 1 aromatic rings. The van der Waals surface area contributed by atoms with Gasteiger partial charge in [0.05, 0.1) is 6.20 Å². The summed E-state index contributed by atoms with van der Waals surface area (Å²) in [5, 5.41) is 4.36. The summed E-state index contributed by atoms with van der Waals surface area (Å²) in [6, 6.07) is 0. The minimum Gasteiger partial charge on any atom is -0.343 e. The van der Waals surface area contributed by atoms with Crippen molar-refractivity contribution in [2.75, 3.05) is 19.6 Å². The molecule has 1 aliphatic rings. The van der Waals surface area contributed by atoms with E-state index in [0.717, 1.165) is 64.7 Å². The Hall–Kier alpha value is -0.780. The van der Waals surface area contributed by atoms with Gasteiger partial charge in [-0.15, -0.1) is 24.8 Å². The first kappa shape index (κ1) is 23.2. The standard InChI is InChI=1S/C17H30N4O.2ClH/c1-2-21-14-16(13-19-21)15-8-11-20(12-9-15)17(22)7-5-3-4-6-10-18;;/h13-15H,2-12,18H2,1H3;2*1H. The maximum absolute atomic E-state index is 12.2. The van der Waals surface area contributed by atoms with Gasteiger partial charge in [-0.05, 0) is 50.6 Å². The first-order chi connectivity index (χ1) is 10.7. The predicted molar refractivity (Wildman–Crippen MR) is 103 cm³/mol. The number of halogens is 2. The fraction of sp³-hybridized carbons (Fsp3) is 0.765. The number of piperidine rings is 1. The van der Waals surface area contributed by atoms with Crippen LogP contribution < -0.4 is 5.73 Å². The first-order valence-electron chi connectivity index (χ1n) is 8.74. The van der Waals surface area contributed by atoms with Gasteiger partial charge in [-0.2, -0.15) is 5.10 Å². The minimum absolute atomic E-state index is 0. The van der Waals surface area contributed by atoms with Crippen LogP contribution in [0.15, 0.2) is 12.4 Å². The van der Waals surface area contributed by atoms with Gasteiger partial charge in [0.25, 0.3) is 0 Å². The highest BCUT2D eigenvalue weighted by molar-refractivity contribution is 5.85. The Morgan fingerprint density at radius 1 is 1.21 bits per heavy atom. The highest BCUT2D eigenvalue weighted by Crippen LogP contribution is 2.28. The molecule has 0 unspecified atom stereocenters. The highest BCUT2D eigenvalue weighted by atomic mass is 35.5. The van der Waals surface area contributed by atoms with Crippen LogP contribution in [0.5, 0.6) is 0 Å². The number of carbonyl (C=O) groups excluding carboxylic acids is 1. The van der Waals surface area contributed by atoms with E-state index in [0.29, 0.717) is 18.2 Å². The van der Waals surface area contributed by atoms with Crippen LogP contribution in [0.4, 0.5) is 0 Å². The zero-order valence-corrected chi connectivity index (χ0v) is 16.3. The number of rotatable bonds is 8. The molecule has 1 aliphatic heterocycles. The maximum atomic E-state index is 12.2. The second-order valence-corrected chi connectivity index (χ2v) is 6.24. The molecule has 0 atom stereocenters. The summed E-state index contributed by atoms with van der Waals surface area (Å²) in [5.41, 5.74) is 6.81. The normalized spacial score (nSPS) is 14.8. The Bertz CT molecular complexity index is 459. The van der Waals surface area contributed by atoms with E-state index in [1.807, 2.05) is 15.8 Å². The zero-order chi connectivity index (χ0) is 15.8. The Morgan fingerprint density at radius 2 is 1.88 bits per heavy atom. The molecule has 1 aromatic heterocycles. The van der Waals surface area contributed by atoms with Gasteiger partial charge in [0.15, 0.2) is 0 Å².